The van der Waals surface area contributed by atoms with Gasteiger partial charge in [-0.15, -0.1) is 0 Å². The third-order valence-corrected chi connectivity index (χ3v) is 7.72. The van der Waals surface area contributed by atoms with Crippen LogP contribution in [0.1, 0.15) is 56.1 Å². The summed E-state index contributed by atoms with van der Waals surface area (Å²) in [5, 5.41) is 22.8. The molecule has 1 amide bonds. The maximum Gasteiger partial charge on any atom is 0.407 e. The topological polar surface area (TPSA) is 121 Å². The molecule has 0 radical (unpaired) electrons. The molecule has 1 saturated heterocycles. The van der Waals surface area contributed by atoms with Crippen LogP contribution in [0.5, 0.6) is 5.75 Å². The van der Waals surface area contributed by atoms with Crippen LogP contribution in [0.4, 0.5) is 4.79 Å². The van der Waals surface area contributed by atoms with Gasteiger partial charge in [0.1, 0.15) is 17.0 Å². The second-order valence-corrected chi connectivity index (χ2v) is 12.3. The molecule has 0 bridgehead atoms. The fraction of sp³-hybridized carbons (Fsp3) is 0.412. The van der Waals surface area contributed by atoms with Gasteiger partial charge in [0.15, 0.2) is 0 Å². The number of carbonyl (C=O) groups excluding carboxylic acids is 1. The van der Waals surface area contributed by atoms with Gasteiger partial charge in [0.05, 0.1) is 41.8 Å². The number of pyridine rings is 1. The van der Waals surface area contributed by atoms with Gasteiger partial charge in [-0.25, -0.2) is 9.79 Å². The number of para-hydroxylation sites is 2. The van der Waals surface area contributed by atoms with E-state index in [1.807, 2.05) is 64.1 Å². The first kappa shape index (κ1) is 30.8. The molecular formula is C34H41N7O3. The number of imidazole rings is 1. The van der Waals surface area contributed by atoms with Crippen LogP contribution < -0.4 is 10.9 Å². The van der Waals surface area contributed by atoms with Crippen molar-refractivity contribution >= 4 is 17.1 Å². The average Bonchev–Trinajstić information content (AvgIpc) is 3.27. The minimum atomic E-state index is -0.516. The molecule has 10 heteroatoms. The van der Waals surface area contributed by atoms with E-state index in [4.69, 9.17) is 9.73 Å². The molecule has 1 fully saturated rings. The number of nitrogens with zero attached hydrogens (tertiary/aromatic N) is 6. The summed E-state index contributed by atoms with van der Waals surface area (Å²) in [4.78, 5) is 24.4. The van der Waals surface area contributed by atoms with Crippen LogP contribution in [-0.2, 0) is 17.8 Å². The summed E-state index contributed by atoms with van der Waals surface area (Å²) in [5.74, 6) is 0.159. The lowest BCUT2D eigenvalue weighted by Gasteiger charge is -2.30. The van der Waals surface area contributed by atoms with Gasteiger partial charge in [0, 0.05) is 31.9 Å². The van der Waals surface area contributed by atoms with Gasteiger partial charge in [-0.3, -0.25) is 4.98 Å². The van der Waals surface area contributed by atoms with Gasteiger partial charge < -0.3 is 29.2 Å². The van der Waals surface area contributed by atoms with E-state index in [0.717, 1.165) is 60.4 Å². The van der Waals surface area contributed by atoms with Gasteiger partial charge in [-0.1, -0.05) is 24.3 Å². The van der Waals surface area contributed by atoms with E-state index in [9.17, 15) is 15.2 Å². The van der Waals surface area contributed by atoms with E-state index < -0.39 is 11.7 Å². The van der Waals surface area contributed by atoms with Crippen molar-refractivity contribution in [1.82, 2.24) is 24.3 Å². The van der Waals surface area contributed by atoms with Crippen LogP contribution in [0.15, 0.2) is 65.7 Å². The first-order valence-corrected chi connectivity index (χ1v) is 15.2. The third-order valence-electron chi connectivity index (χ3n) is 7.72. The Morgan fingerprint density at radius 2 is 1.70 bits per heavy atom. The van der Waals surface area contributed by atoms with Crippen molar-refractivity contribution in [3.63, 3.8) is 0 Å². The fourth-order valence-corrected chi connectivity index (χ4v) is 5.54. The number of carbonyl (C=O) groups is 1. The fourth-order valence-electron chi connectivity index (χ4n) is 5.54. The lowest BCUT2D eigenvalue weighted by atomic mass is 10.1. The molecule has 44 heavy (non-hydrogen) atoms. The smallest absolute Gasteiger partial charge is 0.407 e. The van der Waals surface area contributed by atoms with Crippen molar-refractivity contribution in [3.05, 3.63) is 88.8 Å². The van der Waals surface area contributed by atoms with E-state index >= 15 is 0 Å². The van der Waals surface area contributed by atoms with Crippen LogP contribution in [0.25, 0.3) is 11.0 Å². The molecule has 0 aliphatic carbocycles. The molecule has 4 aromatic rings. The number of fused-ring (bicyclic) bond motifs is 1. The van der Waals surface area contributed by atoms with E-state index in [2.05, 4.69) is 42.5 Å². The standard InChI is InChI=1S/C34H41N7O3/c1-24-9-14-31(42)28(37-24)23-41-30-8-6-5-7-29(30)40(22-26-12-10-25(21-35)11-13-26)32(41)38-27-15-18-39(19-16-27)20-17-36-33(43)44-34(2,3)4/h5-14,27,42H,15-20,22-23H2,1-4H3,(H,36,43)/b38-32+. The highest BCUT2D eigenvalue weighted by Crippen LogP contribution is 2.21. The molecule has 0 atom stereocenters. The van der Waals surface area contributed by atoms with Crippen molar-refractivity contribution in [2.24, 2.45) is 4.99 Å². The van der Waals surface area contributed by atoms with E-state index in [-0.39, 0.29) is 11.8 Å². The largest absolute Gasteiger partial charge is 0.506 e. The molecule has 0 saturated carbocycles. The number of likely N-dealkylation sites (tertiary alicyclic amines) is 1. The second-order valence-electron chi connectivity index (χ2n) is 12.3. The van der Waals surface area contributed by atoms with Crippen LogP contribution in [-0.4, -0.2) is 68.0 Å². The minimum Gasteiger partial charge on any atom is -0.506 e. The summed E-state index contributed by atoms with van der Waals surface area (Å²) in [6.07, 6.45) is 1.38. The minimum absolute atomic E-state index is 0.111. The number of hydrogen-bond acceptors (Lipinski definition) is 7. The Bertz CT molecular complexity index is 1720. The van der Waals surface area contributed by atoms with Crippen molar-refractivity contribution < 1.29 is 14.6 Å². The van der Waals surface area contributed by atoms with E-state index in [0.29, 0.717) is 30.9 Å². The lowest BCUT2D eigenvalue weighted by Crippen LogP contribution is -2.42. The number of rotatable bonds is 8. The lowest BCUT2D eigenvalue weighted by molar-refractivity contribution is 0.0520. The number of aryl methyl sites for hydroxylation is 1. The van der Waals surface area contributed by atoms with Gasteiger partial charge in [0.25, 0.3) is 0 Å². The van der Waals surface area contributed by atoms with Crippen molar-refractivity contribution in [1.29, 1.82) is 5.26 Å². The number of ether oxygens (including phenoxy) is 1. The average molecular weight is 596 g/mol. The van der Waals surface area contributed by atoms with Gasteiger partial charge in [-0.05, 0) is 82.5 Å². The Labute approximate surface area is 258 Å². The summed E-state index contributed by atoms with van der Waals surface area (Å²) in [6.45, 7) is 11.5. The summed E-state index contributed by atoms with van der Waals surface area (Å²) >= 11 is 0. The molecule has 2 aromatic carbocycles. The van der Waals surface area contributed by atoms with Crippen LogP contribution in [0.2, 0.25) is 0 Å². The Hall–Kier alpha value is -4.62. The van der Waals surface area contributed by atoms with Crippen LogP contribution in [0, 0.1) is 18.3 Å². The van der Waals surface area contributed by atoms with Crippen LogP contribution in [0.3, 0.4) is 0 Å². The molecule has 2 aromatic heterocycles. The number of amides is 1. The number of benzene rings is 2. The van der Waals surface area contributed by atoms with E-state index in [1.165, 1.54) is 0 Å². The van der Waals surface area contributed by atoms with E-state index in [1.54, 1.807) is 12.1 Å². The second kappa shape index (κ2) is 13.3. The molecule has 0 unspecified atom stereocenters. The number of nitrogens with one attached hydrogen (secondary N) is 1. The number of aromatic hydroxyl groups is 1. The molecule has 0 spiro atoms. The maximum absolute atomic E-state index is 12.0. The zero-order chi connectivity index (χ0) is 31.3. The van der Waals surface area contributed by atoms with Gasteiger partial charge >= 0.3 is 6.09 Å². The Morgan fingerprint density at radius 1 is 1.05 bits per heavy atom. The molecular weight excluding hydrogens is 554 g/mol. The molecule has 3 heterocycles. The van der Waals surface area contributed by atoms with Crippen molar-refractivity contribution in [2.45, 2.75) is 65.3 Å². The highest BCUT2D eigenvalue weighted by Gasteiger charge is 2.22. The van der Waals surface area contributed by atoms with Crippen molar-refractivity contribution in [3.8, 4) is 11.8 Å². The predicted octanol–water partition coefficient (Wildman–Crippen LogP) is 4.71. The maximum atomic E-state index is 12.0. The number of aromatic nitrogens is 3. The zero-order valence-electron chi connectivity index (χ0n) is 26.0. The first-order chi connectivity index (χ1) is 21.1. The Morgan fingerprint density at radius 3 is 2.34 bits per heavy atom. The highest BCUT2D eigenvalue weighted by atomic mass is 16.6. The molecule has 2 N–H and O–H groups in total. The number of piperidine rings is 1. The molecule has 5 rings (SSSR count). The predicted molar refractivity (Wildman–Crippen MR) is 169 cm³/mol. The van der Waals surface area contributed by atoms with Crippen molar-refractivity contribution in [2.75, 3.05) is 26.2 Å². The Kier molecular flexibility index (Phi) is 9.35. The first-order valence-electron chi connectivity index (χ1n) is 15.2. The SMILES string of the molecule is Cc1ccc(O)c(Cn2/c(=N/C3CCN(CCNC(=O)OC(C)(C)C)CC3)n(Cc3ccc(C#N)cc3)c3ccccc32)n1. The monoisotopic (exact) mass is 595 g/mol. The molecule has 1 aliphatic heterocycles. The number of hydrogen-bond donors (Lipinski definition) is 2. The summed E-state index contributed by atoms with van der Waals surface area (Å²) in [7, 11) is 0. The van der Waals surface area contributed by atoms with Gasteiger partial charge in [-0.2, -0.15) is 5.26 Å². The molecule has 230 valence electrons. The number of alkyl carbamates (subject to hydrolysis) is 1. The normalized spacial score (nSPS) is 14.9. The van der Waals surface area contributed by atoms with Gasteiger partial charge in [0.2, 0.25) is 5.62 Å². The Balaban J connectivity index is 1.43. The summed E-state index contributed by atoms with van der Waals surface area (Å²) in [6, 6.07) is 21.7. The summed E-state index contributed by atoms with van der Waals surface area (Å²) < 4.78 is 9.72. The molecule has 1 aliphatic rings. The summed E-state index contributed by atoms with van der Waals surface area (Å²) in [5.41, 5.74) is 5.48. The quantitative estimate of drug-likeness (QED) is 0.304. The molecule has 10 nitrogen and oxygen atoms in total. The highest BCUT2D eigenvalue weighted by molar-refractivity contribution is 5.76. The third kappa shape index (κ3) is 7.66. The number of nitriles is 1. The zero-order valence-corrected chi connectivity index (χ0v) is 26.0. The van der Waals surface area contributed by atoms with Crippen LogP contribution >= 0.6 is 0 Å².